The van der Waals surface area contributed by atoms with Crippen LogP contribution in [0.25, 0.3) is 10.9 Å². The van der Waals surface area contributed by atoms with Crippen LogP contribution in [0.1, 0.15) is 32.1 Å². The van der Waals surface area contributed by atoms with Gasteiger partial charge >= 0.3 is 84.7 Å². The molecule has 0 atom stereocenters. The molecule has 2 rings (SSSR count). The second kappa shape index (κ2) is 4.43. The molecule has 0 saturated heterocycles. The average Bonchev–Trinajstić information content (AvgIpc) is 2.38. The number of furan rings is 1. The summed E-state index contributed by atoms with van der Waals surface area (Å²) in [5.74, 6) is 2.77. The van der Waals surface area contributed by atoms with Crippen LogP contribution in [0, 0.1) is 6.92 Å². The summed E-state index contributed by atoms with van der Waals surface area (Å²) in [6.45, 7) is 12.5. The molecule has 0 N–H and O–H groups in total. The van der Waals surface area contributed by atoms with E-state index in [1.165, 1.54) is 10.9 Å². The molecule has 0 saturated carbocycles. The molecule has 1 nitrogen and oxygen atoms in total. The summed E-state index contributed by atoms with van der Waals surface area (Å²) in [6, 6.07) is 4.13. The Balaban J connectivity index is 0.00000112. The molecule has 3 heteroatoms. The van der Waals surface area contributed by atoms with Crippen molar-refractivity contribution in [1.29, 1.82) is 0 Å². The van der Waals surface area contributed by atoms with Crippen LogP contribution in [0.5, 0.6) is 0 Å². The maximum Gasteiger partial charge on any atom is 0 e. The Kier molecular flexibility index (Phi) is 3.84. The van der Waals surface area contributed by atoms with Gasteiger partial charge in [0.2, 0.25) is 0 Å². The van der Waals surface area contributed by atoms with Crippen molar-refractivity contribution in [2.24, 2.45) is 0 Å². The van der Waals surface area contributed by atoms with E-state index in [4.69, 9.17) is 4.42 Å². The first-order valence-electron chi connectivity index (χ1n) is 4.84. The zero-order chi connectivity index (χ0) is 10.3. The second-order valence-corrected chi connectivity index (χ2v) is 4.65. The fraction of sp³-hybridized carbons (Fsp3) is 0.333. The Hall–Kier alpha value is -0.0712. The van der Waals surface area contributed by atoms with E-state index in [0.717, 1.165) is 11.2 Å². The standard InChI is InChI=1S/C12H14BO.Y/c1-8-10(12(2,3)4)9-6-5-7-13-11(9)14-8;/h5-7H,1H2,2-4H3;/q-1;. The molecule has 15 heavy (non-hydrogen) atoms. The van der Waals surface area contributed by atoms with E-state index in [-0.39, 0.29) is 38.1 Å². The molecule has 2 aromatic rings. The van der Waals surface area contributed by atoms with Crippen molar-refractivity contribution in [2.75, 3.05) is 0 Å². The minimum atomic E-state index is 0. The molecular weight excluding hydrogens is 260 g/mol. The van der Waals surface area contributed by atoms with Crippen molar-refractivity contribution in [3.05, 3.63) is 36.3 Å². The van der Waals surface area contributed by atoms with Crippen molar-refractivity contribution in [3.63, 3.8) is 0 Å². The Bertz CT molecular complexity index is 468. The Morgan fingerprint density at radius 2 is 2.00 bits per heavy atom. The van der Waals surface area contributed by atoms with Gasteiger partial charge in [0.1, 0.15) is 0 Å². The van der Waals surface area contributed by atoms with E-state index in [0.29, 0.717) is 0 Å². The van der Waals surface area contributed by atoms with Crippen molar-refractivity contribution < 1.29 is 37.1 Å². The fourth-order valence-corrected chi connectivity index (χ4v) is 1.92. The van der Waals surface area contributed by atoms with Crippen LogP contribution in [0.2, 0.25) is 0 Å². The molecule has 0 aliphatic heterocycles. The molecule has 0 bridgehead atoms. The number of fused-ring (bicyclic) bond motifs is 1. The predicted molar refractivity (Wildman–Crippen MR) is 60.7 cm³/mol. The van der Waals surface area contributed by atoms with Crippen LogP contribution in [-0.4, -0.2) is 6.91 Å². The molecule has 0 aliphatic rings. The molecule has 0 fully saturated rings. The molecule has 2 heterocycles. The minimum Gasteiger partial charge on any atom is 0 e. The van der Waals surface area contributed by atoms with Crippen LogP contribution >= 0.6 is 0 Å². The maximum absolute atomic E-state index is 5.61. The van der Waals surface area contributed by atoms with Crippen molar-refractivity contribution in [1.82, 2.24) is 0 Å². The van der Waals surface area contributed by atoms with E-state index in [2.05, 4.69) is 33.8 Å². The van der Waals surface area contributed by atoms with Gasteiger partial charge < -0.3 is 0 Å². The zero-order valence-corrected chi connectivity index (χ0v) is 12.3. The Morgan fingerprint density at radius 1 is 1.33 bits per heavy atom. The SMILES string of the molecule is [CH2-]c1oc2bcccc2c1C(C)(C)C.[Y]. The molecule has 0 unspecified atom stereocenters. The fourth-order valence-electron chi connectivity index (χ4n) is 1.92. The Labute approximate surface area is 117 Å². The summed E-state index contributed by atoms with van der Waals surface area (Å²) in [7, 11) is 0. The molecule has 0 spiro atoms. The van der Waals surface area contributed by atoms with Gasteiger partial charge in [0, 0.05) is 32.7 Å². The molecule has 75 valence electrons. The van der Waals surface area contributed by atoms with Crippen molar-refractivity contribution in [3.8, 4) is 0 Å². The van der Waals surface area contributed by atoms with Gasteiger partial charge in [0.25, 0.3) is 0 Å². The van der Waals surface area contributed by atoms with Crippen LogP contribution in [-0.2, 0) is 38.1 Å². The summed E-state index contributed by atoms with van der Waals surface area (Å²) in [5, 5.41) is 1.19. The third-order valence-electron chi connectivity index (χ3n) is 2.42. The van der Waals surface area contributed by atoms with Crippen LogP contribution in [0.15, 0.2) is 22.5 Å². The summed E-state index contributed by atoms with van der Waals surface area (Å²) in [4.78, 5) is 0. The molecule has 0 aromatic carbocycles. The molecule has 0 amide bonds. The first-order valence-corrected chi connectivity index (χ1v) is 4.84. The summed E-state index contributed by atoms with van der Waals surface area (Å²) < 4.78 is 5.61. The number of hydrogen-bond donors (Lipinski definition) is 0. The minimum absolute atomic E-state index is 0. The van der Waals surface area contributed by atoms with Gasteiger partial charge in [-0.15, -0.1) is 0 Å². The first-order chi connectivity index (χ1) is 6.50. The quantitative estimate of drug-likeness (QED) is 0.672. The predicted octanol–water partition coefficient (Wildman–Crippen LogP) is 3.25. The third kappa shape index (κ3) is 2.37. The van der Waals surface area contributed by atoms with Gasteiger partial charge in [0.05, 0.1) is 0 Å². The largest absolute Gasteiger partial charge is 0 e. The smallest absolute Gasteiger partial charge is 0 e. The normalized spacial score (nSPS) is 11.1. The average molecular weight is 274 g/mol. The van der Waals surface area contributed by atoms with E-state index in [1.54, 1.807) is 0 Å². The van der Waals surface area contributed by atoms with Gasteiger partial charge in [0.15, 0.2) is 0 Å². The van der Waals surface area contributed by atoms with Gasteiger partial charge in [-0.25, -0.2) is 0 Å². The summed E-state index contributed by atoms with van der Waals surface area (Å²) >= 11 is 0. The van der Waals surface area contributed by atoms with Gasteiger partial charge in [-0.1, -0.05) is 0 Å². The Morgan fingerprint density at radius 3 is 2.60 bits per heavy atom. The van der Waals surface area contributed by atoms with Crippen LogP contribution < -0.4 is 0 Å². The van der Waals surface area contributed by atoms with Gasteiger partial charge in [-0.3, -0.25) is 0 Å². The van der Waals surface area contributed by atoms with E-state index >= 15 is 0 Å². The monoisotopic (exact) mass is 274 g/mol. The van der Waals surface area contributed by atoms with E-state index in [1.807, 2.05) is 18.9 Å². The summed E-state index contributed by atoms with van der Waals surface area (Å²) in [5.41, 5.74) is 2.24. The molecular formula is C12H14BOY-. The molecule has 0 aliphatic carbocycles. The van der Waals surface area contributed by atoms with Crippen molar-refractivity contribution >= 4 is 17.8 Å². The number of hydrogen-bond acceptors (Lipinski definition) is 1. The first kappa shape index (κ1) is 13.0. The van der Waals surface area contributed by atoms with Crippen molar-refractivity contribution in [2.45, 2.75) is 26.2 Å². The van der Waals surface area contributed by atoms with Crippen LogP contribution in [0.4, 0.5) is 0 Å². The second-order valence-electron chi connectivity index (χ2n) is 4.65. The zero-order valence-electron chi connectivity index (χ0n) is 9.50. The third-order valence-corrected chi connectivity index (χ3v) is 2.42. The number of rotatable bonds is 0. The topological polar surface area (TPSA) is 13.1 Å². The van der Waals surface area contributed by atoms with E-state index < -0.39 is 0 Å². The van der Waals surface area contributed by atoms with Gasteiger partial charge in [-0.2, -0.15) is 0 Å². The molecule has 2 aromatic heterocycles. The van der Waals surface area contributed by atoms with E-state index in [9.17, 15) is 0 Å². The maximum atomic E-state index is 5.61. The van der Waals surface area contributed by atoms with Crippen LogP contribution in [0.3, 0.4) is 0 Å². The van der Waals surface area contributed by atoms with Gasteiger partial charge in [-0.05, 0) is 0 Å². The summed E-state index contributed by atoms with van der Waals surface area (Å²) in [6.07, 6.45) is 0. The molecule has 1 radical (unpaired) electrons.